The first kappa shape index (κ1) is 94.8. The monoisotopic (exact) mass is 1700 g/mol. The average molecular weight is 1700 g/mol. The number of unbranched alkanes of at least 4 members (excludes halogenated alkanes) is 1. The summed E-state index contributed by atoms with van der Waals surface area (Å²) in [5, 5.41) is 53.6. The van der Waals surface area contributed by atoms with Crippen molar-refractivity contribution in [2.24, 2.45) is 11.8 Å². The summed E-state index contributed by atoms with van der Waals surface area (Å²) in [7, 11) is 6.69. The summed E-state index contributed by atoms with van der Waals surface area (Å²) in [6, 6.07) is 25.1. The number of likely N-dealkylation sites (N-methyl/N-ethyl adjacent to an activating group) is 5. The van der Waals surface area contributed by atoms with E-state index in [0.29, 0.717) is 57.1 Å². The average Bonchev–Trinajstić information content (AvgIpc) is 0.938. The summed E-state index contributed by atoms with van der Waals surface area (Å²) >= 11 is 1.13. The van der Waals surface area contributed by atoms with Crippen LogP contribution in [0.5, 0.6) is 11.5 Å². The van der Waals surface area contributed by atoms with E-state index in [4.69, 9.17) is 0 Å². The topological polar surface area (TPSA) is 441 Å². The number of carboxylic acids is 1. The molecule has 0 aliphatic carbocycles. The third kappa shape index (κ3) is 28.2. The quantitative estimate of drug-likeness (QED) is 0.0517. The van der Waals surface area contributed by atoms with Crippen molar-refractivity contribution >= 4 is 105 Å². The number of nitrogens with zero attached hydrogens (tertiary/aromatic N) is 6. The van der Waals surface area contributed by atoms with E-state index >= 15 is 28.8 Å². The van der Waals surface area contributed by atoms with E-state index in [1.54, 1.807) is 123 Å². The molecule has 8 rings (SSSR count). The minimum atomic E-state index is -1.88. The van der Waals surface area contributed by atoms with Crippen LogP contribution in [0.3, 0.4) is 0 Å². The van der Waals surface area contributed by atoms with Crippen LogP contribution in [0.15, 0.2) is 164 Å². The lowest BCUT2D eigenvalue weighted by Gasteiger charge is -2.37. The summed E-state index contributed by atoms with van der Waals surface area (Å²) < 4.78 is 0. The number of aromatic amines is 1. The number of carbonyl (C=O) groups is 14. The van der Waals surface area contributed by atoms with E-state index in [9.17, 15) is 53.7 Å². The van der Waals surface area contributed by atoms with Gasteiger partial charge in [0.1, 0.15) is 71.9 Å². The molecule has 12 N–H and O–H groups in total. The van der Waals surface area contributed by atoms with Crippen LogP contribution in [-0.2, 0) is 106 Å². The van der Waals surface area contributed by atoms with Crippen molar-refractivity contribution in [2.45, 2.75) is 166 Å². The molecule has 0 bridgehead atoms. The van der Waals surface area contributed by atoms with Crippen molar-refractivity contribution in [1.29, 1.82) is 0 Å². The molecule has 0 saturated carbocycles. The lowest BCUT2D eigenvalue weighted by Crippen LogP contribution is -2.61. The maximum Gasteiger partial charge on any atom is 0.305 e. The number of aromatic hydroxyl groups is 2. The van der Waals surface area contributed by atoms with Gasteiger partial charge in [-0.3, -0.25) is 72.1 Å². The molecule has 0 radical (unpaired) electrons. The van der Waals surface area contributed by atoms with Crippen LogP contribution < -0.4 is 42.5 Å². The zero-order valence-corrected chi connectivity index (χ0v) is 71.3. The number of fused-ring (bicyclic) bond motifs is 1. The molecule has 1 fully saturated rings. The number of aliphatic carboxylic acids is 1. The molecule has 32 nitrogen and oxygen atoms in total. The minimum absolute atomic E-state index is 0.0118. The first-order chi connectivity index (χ1) is 58.2. The van der Waals surface area contributed by atoms with Crippen molar-refractivity contribution in [3.05, 3.63) is 198 Å². The number of nitrogens with one attached hydrogen (secondary N) is 9. The van der Waals surface area contributed by atoms with Crippen molar-refractivity contribution in [3.8, 4) is 11.5 Å². The molecule has 3 heterocycles. The second kappa shape index (κ2) is 46.2. The molecule has 0 spiro atoms. The molecule has 5 aromatic carbocycles. The summed E-state index contributed by atoms with van der Waals surface area (Å²) in [6.45, 7) is 7.18. The normalized spacial score (nSPS) is 22.0. The van der Waals surface area contributed by atoms with Crippen molar-refractivity contribution < 1.29 is 82.4 Å². The molecular weight excluding hydrogens is 1580 g/mol. The van der Waals surface area contributed by atoms with E-state index in [1.807, 2.05) is 26.8 Å². The Morgan fingerprint density at radius 1 is 0.459 bits per heavy atom. The zero-order chi connectivity index (χ0) is 88.9. The molecular formula is C89H113N15O17S. The van der Waals surface area contributed by atoms with E-state index < -0.39 is 169 Å². The van der Waals surface area contributed by atoms with Gasteiger partial charge in [0.2, 0.25) is 76.8 Å². The number of phenolic OH excluding ortho intramolecular Hbond substituents is 2. The Kier molecular flexibility index (Phi) is 35.9. The number of carboxylic acid groups (broad SMARTS) is 1. The van der Waals surface area contributed by atoms with E-state index in [-0.39, 0.29) is 86.8 Å². The first-order valence-electron chi connectivity index (χ1n) is 40.7. The predicted octanol–water partition coefficient (Wildman–Crippen LogP) is 3.75. The van der Waals surface area contributed by atoms with E-state index in [1.165, 1.54) is 93.8 Å². The van der Waals surface area contributed by atoms with Crippen LogP contribution in [0.4, 0.5) is 0 Å². The highest BCUT2D eigenvalue weighted by atomic mass is 32.2. The molecule has 1 saturated heterocycles. The van der Waals surface area contributed by atoms with Gasteiger partial charge in [0.15, 0.2) is 0 Å². The molecule has 7 aromatic rings. The maximum atomic E-state index is 15.4. The second-order valence-electron chi connectivity index (χ2n) is 31.5. The molecule has 122 heavy (non-hydrogen) atoms. The van der Waals surface area contributed by atoms with Crippen LogP contribution >= 0.6 is 11.8 Å². The molecule has 652 valence electrons. The van der Waals surface area contributed by atoms with Crippen LogP contribution in [0.2, 0.25) is 0 Å². The molecule has 33 heteroatoms. The summed E-state index contributed by atoms with van der Waals surface area (Å²) in [6.07, 6.45) is 3.89. The third-order valence-corrected chi connectivity index (χ3v) is 22.1. The fourth-order valence-electron chi connectivity index (χ4n) is 14.4. The van der Waals surface area contributed by atoms with Gasteiger partial charge in [-0.2, -0.15) is 11.8 Å². The van der Waals surface area contributed by atoms with Gasteiger partial charge in [0.25, 0.3) is 0 Å². The molecule has 13 amide bonds. The van der Waals surface area contributed by atoms with E-state index in [2.05, 4.69) is 52.5 Å². The number of thioether (sulfide) groups is 1. The molecule has 10 atom stereocenters. The molecule has 2 aromatic heterocycles. The Hall–Kier alpha value is -12.7. The minimum Gasteiger partial charge on any atom is -0.508 e. The van der Waals surface area contributed by atoms with Gasteiger partial charge < -0.3 is 87.3 Å². The maximum absolute atomic E-state index is 15.4. The third-order valence-electron chi connectivity index (χ3n) is 21.2. The van der Waals surface area contributed by atoms with Crippen LogP contribution in [0.1, 0.15) is 100 Å². The Labute approximate surface area is 714 Å². The van der Waals surface area contributed by atoms with Crippen LogP contribution in [0, 0.1) is 11.8 Å². The number of hydrogen-bond donors (Lipinski definition) is 12. The highest BCUT2D eigenvalue weighted by molar-refractivity contribution is 7.99. The van der Waals surface area contributed by atoms with Crippen molar-refractivity contribution in [3.63, 3.8) is 0 Å². The van der Waals surface area contributed by atoms with Gasteiger partial charge in [0, 0.05) is 116 Å². The van der Waals surface area contributed by atoms with Gasteiger partial charge in [0.05, 0.1) is 25.3 Å². The Morgan fingerprint density at radius 2 is 0.926 bits per heavy atom. The lowest BCUT2D eigenvalue weighted by molar-refractivity contribution is -0.151. The second-order valence-corrected chi connectivity index (χ2v) is 32.6. The number of phenols is 2. The fourth-order valence-corrected chi connectivity index (χ4v) is 15.0. The standard InChI is InChI=1S/C89H113N15O17S/c1-11-12-27-72-87(119)101(7)52-76(108)94-69(49-78(110)111)83(115)99-79(55(4)5)89(121)103(9)73(46-56-21-15-13-16-22-56)84(116)98-70(44-59-30-34-63(106)35-31-59)85(117)100(6)51-75(107)93-68(48-61-50-92-65-26-20-19-25-64(61)65)82(114)97-67(43-58-28-32-62(105)33-29-58)81(113)96-66(42-54(2)3)80(112)91-40-41-122-53-77(109)95-71(45-60-36-38-90-39-37-60)86(118)104(10)74(88(120)102(72)8)47-57-23-17-14-18-24-57/h13-26,28-39,50,54-55,66-74,79,92,105-106H,11-12,27,40-49,51-53H2,1-10H3,(H,91,112)(H,93,107)(H,94,108)(H,95,109)(H,96,113)(H,97,114)(H,98,116)(H,99,115)(H,110,111)/t66-,67-,68-,69-,70?,71?,72-,73-,74-,79-/m0/s1. The molecule has 1 aliphatic rings. The van der Waals surface area contributed by atoms with E-state index in [0.717, 1.165) is 26.5 Å². The van der Waals surface area contributed by atoms with Gasteiger partial charge >= 0.3 is 5.97 Å². The highest BCUT2D eigenvalue weighted by Crippen LogP contribution is 2.24. The van der Waals surface area contributed by atoms with Gasteiger partial charge in [-0.15, -0.1) is 0 Å². The zero-order valence-electron chi connectivity index (χ0n) is 70.5. The van der Waals surface area contributed by atoms with Crippen molar-refractivity contribution in [2.75, 3.05) is 66.4 Å². The van der Waals surface area contributed by atoms with Gasteiger partial charge in [-0.05, 0) is 101 Å². The Bertz CT molecular complexity index is 4750. The van der Waals surface area contributed by atoms with Crippen molar-refractivity contribution in [1.82, 2.24) is 77.0 Å². The fraction of sp³-hybridized carbons (Fsp3) is 0.427. The summed E-state index contributed by atoms with van der Waals surface area (Å²) in [4.78, 5) is 219. The Balaban J connectivity index is 1.17. The lowest BCUT2D eigenvalue weighted by atomic mass is 9.98. The summed E-state index contributed by atoms with van der Waals surface area (Å²) in [5.41, 5.74) is 3.95. The number of carbonyl (C=O) groups excluding carboxylic acids is 13. The number of hydrogen-bond acceptors (Lipinski definition) is 18. The molecule has 1 aliphatic heterocycles. The predicted molar refractivity (Wildman–Crippen MR) is 459 cm³/mol. The first-order valence-corrected chi connectivity index (χ1v) is 41.9. The number of pyridine rings is 1. The number of para-hydroxylation sites is 1. The number of benzene rings is 5. The van der Waals surface area contributed by atoms with Gasteiger partial charge in [-0.1, -0.05) is 151 Å². The van der Waals surface area contributed by atoms with Gasteiger partial charge in [-0.25, -0.2) is 0 Å². The SMILES string of the molecule is CCCC[C@H]1C(=O)N(C)CC(=O)N[C@@H](CC(=O)O)C(=O)N[C@@H](C(C)C)C(=O)N(C)[C@@H](Cc2ccccc2)C(=O)NC(Cc2ccc(O)cc2)C(=O)N(C)CC(=O)N[C@@H](Cc2c[nH]c3ccccc23)C(=O)N[C@@H](Cc2ccc(O)cc2)C(=O)N[C@@H](CC(C)C)C(=O)NCCSCC(=O)NC(Cc2ccncc2)C(=O)N(C)[C@@H](Cc2ccccc2)C(=O)N1C. The number of amides is 13. The number of rotatable bonds is 20. The number of aromatic nitrogens is 2. The smallest absolute Gasteiger partial charge is 0.305 e. The van der Waals surface area contributed by atoms with Crippen LogP contribution in [0.25, 0.3) is 10.9 Å². The Morgan fingerprint density at radius 3 is 1.49 bits per heavy atom. The molecule has 2 unspecified atom stereocenters. The number of H-pyrrole nitrogens is 1. The summed E-state index contributed by atoms with van der Waals surface area (Å²) in [5.74, 6) is -13.3. The van der Waals surface area contributed by atoms with Crippen LogP contribution in [-0.4, -0.2) is 259 Å². The highest BCUT2D eigenvalue weighted by Gasteiger charge is 2.42. The largest absolute Gasteiger partial charge is 0.508 e.